The van der Waals surface area contributed by atoms with Gasteiger partial charge in [0, 0.05) is 12.3 Å². The van der Waals surface area contributed by atoms with E-state index in [1.54, 1.807) is 0 Å². The Hall–Kier alpha value is -1.64. The SMILES string of the molecule is Nc1cccc(NCCSC(F)(F)F)c1[N+](=O)[O-]. The Morgan fingerprint density at radius 3 is 2.67 bits per heavy atom. The van der Waals surface area contributed by atoms with Crippen molar-refractivity contribution in [2.45, 2.75) is 5.51 Å². The number of nitrogens with zero attached hydrogens (tertiary/aromatic N) is 1. The lowest BCUT2D eigenvalue weighted by atomic mass is 10.2. The van der Waals surface area contributed by atoms with Crippen LogP contribution in [0.25, 0.3) is 0 Å². The third kappa shape index (κ3) is 4.32. The van der Waals surface area contributed by atoms with Crippen LogP contribution in [-0.4, -0.2) is 22.7 Å². The number of nitrogens with two attached hydrogens (primary N) is 1. The van der Waals surface area contributed by atoms with E-state index in [0.717, 1.165) is 0 Å². The fraction of sp³-hybridized carbons (Fsp3) is 0.333. The zero-order valence-corrected chi connectivity index (χ0v) is 9.85. The van der Waals surface area contributed by atoms with E-state index >= 15 is 0 Å². The largest absolute Gasteiger partial charge is 0.441 e. The molecule has 0 heterocycles. The number of hydrogen-bond acceptors (Lipinski definition) is 5. The number of nitrogens with one attached hydrogen (secondary N) is 1. The highest BCUT2D eigenvalue weighted by Crippen LogP contribution is 2.32. The van der Waals surface area contributed by atoms with Crippen molar-refractivity contribution in [2.24, 2.45) is 0 Å². The summed E-state index contributed by atoms with van der Waals surface area (Å²) in [6.07, 6.45) is 0. The molecule has 0 amide bonds. The predicted octanol–water partition coefficient (Wildman–Crippen LogP) is 2.84. The summed E-state index contributed by atoms with van der Waals surface area (Å²) in [6.45, 7) is -0.0472. The molecule has 0 bridgehead atoms. The van der Waals surface area contributed by atoms with E-state index in [1.165, 1.54) is 18.2 Å². The zero-order chi connectivity index (χ0) is 13.8. The highest BCUT2D eigenvalue weighted by Gasteiger charge is 2.27. The molecule has 0 aliphatic carbocycles. The van der Waals surface area contributed by atoms with Gasteiger partial charge in [-0.3, -0.25) is 10.1 Å². The summed E-state index contributed by atoms with van der Waals surface area (Å²) in [5.41, 5.74) is 0.882. The molecule has 9 heteroatoms. The molecule has 0 saturated heterocycles. The Morgan fingerprint density at radius 1 is 1.44 bits per heavy atom. The lowest BCUT2D eigenvalue weighted by molar-refractivity contribution is -0.383. The number of nitro benzene ring substituents is 1. The van der Waals surface area contributed by atoms with Crippen LogP contribution in [0.3, 0.4) is 0 Å². The Morgan fingerprint density at radius 2 is 2.11 bits per heavy atom. The molecule has 5 nitrogen and oxygen atoms in total. The monoisotopic (exact) mass is 281 g/mol. The Bertz CT molecular complexity index is 440. The zero-order valence-electron chi connectivity index (χ0n) is 9.03. The number of nitrogen functional groups attached to an aromatic ring is 1. The van der Waals surface area contributed by atoms with E-state index < -0.39 is 10.4 Å². The van der Waals surface area contributed by atoms with E-state index in [1.807, 2.05) is 0 Å². The lowest BCUT2D eigenvalue weighted by Crippen LogP contribution is -2.11. The molecule has 0 unspecified atom stereocenters. The first-order valence-corrected chi connectivity index (χ1v) is 5.77. The molecule has 1 rings (SSSR count). The third-order valence-electron chi connectivity index (χ3n) is 1.93. The van der Waals surface area contributed by atoms with E-state index in [2.05, 4.69) is 5.32 Å². The fourth-order valence-corrected chi connectivity index (χ4v) is 1.70. The molecule has 0 spiro atoms. The van der Waals surface area contributed by atoms with Gasteiger partial charge in [-0.05, 0) is 23.9 Å². The van der Waals surface area contributed by atoms with Gasteiger partial charge in [0.2, 0.25) is 0 Å². The average molecular weight is 281 g/mol. The van der Waals surface area contributed by atoms with Crippen LogP contribution in [0, 0.1) is 10.1 Å². The first kappa shape index (κ1) is 14.4. The number of alkyl halides is 3. The van der Waals surface area contributed by atoms with E-state index in [4.69, 9.17) is 5.73 Å². The Kier molecular flexibility index (Phi) is 4.65. The van der Waals surface area contributed by atoms with Crippen molar-refractivity contribution in [3.8, 4) is 0 Å². The molecule has 0 aliphatic rings. The second-order valence-corrected chi connectivity index (χ2v) is 4.38. The maximum Gasteiger partial charge on any atom is 0.441 e. The summed E-state index contributed by atoms with van der Waals surface area (Å²) in [5, 5.41) is 13.3. The fourth-order valence-electron chi connectivity index (χ4n) is 1.26. The highest BCUT2D eigenvalue weighted by atomic mass is 32.2. The molecule has 0 atom stereocenters. The lowest BCUT2D eigenvalue weighted by Gasteiger charge is -2.09. The van der Waals surface area contributed by atoms with Gasteiger partial charge < -0.3 is 11.1 Å². The molecule has 1 aromatic rings. The molecular weight excluding hydrogens is 271 g/mol. The van der Waals surface area contributed by atoms with Crippen LogP contribution in [0.15, 0.2) is 18.2 Å². The minimum atomic E-state index is -4.30. The van der Waals surface area contributed by atoms with Crippen molar-refractivity contribution in [2.75, 3.05) is 23.3 Å². The van der Waals surface area contributed by atoms with Gasteiger partial charge in [-0.15, -0.1) is 0 Å². The average Bonchev–Trinajstić information content (AvgIpc) is 2.22. The first-order valence-electron chi connectivity index (χ1n) is 4.78. The summed E-state index contributed by atoms with van der Waals surface area (Å²) in [5.74, 6) is -0.241. The molecule has 0 saturated carbocycles. The van der Waals surface area contributed by atoms with Gasteiger partial charge in [0.25, 0.3) is 0 Å². The van der Waals surface area contributed by atoms with Crippen molar-refractivity contribution >= 4 is 28.8 Å². The minimum Gasteiger partial charge on any atom is -0.393 e. The number of anilines is 2. The van der Waals surface area contributed by atoms with Crippen LogP contribution in [0.1, 0.15) is 0 Å². The standard InChI is InChI=1S/C9H10F3N3O2S/c10-9(11,12)18-5-4-14-7-3-1-2-6(13)8(7)15(16)17/h1-3,14H,4-5,13H2. The van der Waals surface area contributed by atoms with Gasteiger partial charge >= 0.3 is 11.2 Å². The summed E-state index contributed by atoms with van der Waals surface area (Å²) < 4.78 is 35.6. The number of para-hydroxylation sites is 1. The molecule has 1 aromatic carbocycles. The number of rotatable bonds is 5. The second kappa shape index (κ2) is 5.80. The van der Waals surface area contributed by atoms with E-state index in [0.29, 0.717) is 0 Å². The van der Waals surface area contributed by atoms with Crippen LogP contribution in [0.4, 0.5) is 30.2 Å². The van der Waals surface area contributed by atoms with Crippen molar-refractivity contribution in [3.05, 3.63) is 28.3 Å². The summed E-state index contributed by atoms with van der Waals surface area (Å²) in [7, 11) is 0. The Balaban J connectivity index is 2.63. The van der Waals surface area contributed by atoms with Crippen LogP contribution >= 0.6 is 11.8 Å². The smallest absolute Gasteiger partial charge is 0.393 e. The van der Waals surface area contributed by atoms with Crippen LogP contribution < -0.4 is 11.1 Å². The molecule has 3 N–H and O–H groups in total. The van der Waals surface area contributed by atoms with Gasteiger partial charge in [0.15, 0.2) is 0 Å². The topological polar surface area (TPSA) is 81.2 Å². The maximum atomic E-state index is 11.9. The number of nitro groups is 1. The van der Waals surface area contributed by atoms with Gasteiger partial charge in [-0.25, -0.2) is 0 Å². The molecule has 100 valence electrons. The molecule has 18 heavy (non-hydrogen) atoms. The van der Waals surface area contributed by atoms with Crippen LogP contribution in [-0.2, 0) is 0 Å². The van der Waals surface area contributed by atoms with E-state index in [-0.39, 0.29) is 41.1 Å². The van der Waals surface area contributed by atoms with Crippen molar-refractivity contribution < 1.29 is 18.1 Å². The van der Waals surface area contributed by atoms with Gasteiger partial charge in [-0.2, -0.15) is 13.2 Å². The molecule has 0 fully saturated rings. The molecule has 0 aliphatic heterocycles. The quantitative estimate of drug-likeness (QED) is 0.375. The first-order chi connectivity index (χ1) is 8.31. The second-order valence-electron chi connectivity index (χ2n) is 3.22. The maximum absolute atomic E-state index is 11.9. The van der Waals surface area contributed by atoms with Gasteiger partial charge in [-0.1, -0.05) is 6.07 Å². The predicted molar refractivity (Wildman–Crippen MR) is 64.5 cm³/mol. The minimum absolute atomic E-state index is 0.0338. The summed E-state index contributed by atoms with van der Waals surface area (Å²) >= 11 is -0.192. The number of halogens is 3. The van der Waals surface area contributed by atoms with Gasteiger partial charge in [0.1, 0.15) is 11.4 Å². The third-order valence-corrected chi connectivity index (χ3v) is 2.67. The van der Waals surface area contributed by atoms with Crippen LogP contribution in [0.5, 0.6) is 0 Å². The molecule has 0 radical (unpaired) electrons. The molecular formula is C9H10F3N3O2S. The van der Waals surface area contributed by atoms with Crippen molar-refractivity contribution in [3.63, 3.8) is 0 Å². The van der Waals surface area contributed by atoms with E-state index in [9.17, 15) is 23.3 Å². The highest BCUT2D eigenvalue weighted by molar-refractivity contribution is 8.00. The number of hydrogen-bond donors (Lipinski definition) is 2. The summed E-state index contributed by atoms with van der Waals surface area (Å²) in [6, 6.07) is 4.24. The van der Waals surface area contributed by atoms with Crippen molar-refractivity contribution in [1.82, 2.24) is 0 Å². The van der Waals surface area contributed by atoms with Crippen LogP contribution in [0.2, 0.25) is 0 Å². The molecule has 0 aromatic heterocycles. The van der Waals surface area contributed by atoms with Gasteiger partial charge in [0.05, 0.1) is 4.92 Å². The normalized spacial score (nSPS) is 11.3. The summed E-state index contributed by atoms with van der Waals surface area (Å²) in [4.78, 5) is 10.1. The van der Waals surface area contributed by atoms with Crippen molar-refractivity contribution in [1.29, 1.82) is 0 Å². The Labute approximate surface area is 105 Å². The number of thioether (sulfide) groups is 1. The number of benzene rings is 1.